The predicted octanol–water partition coefficient (Wildman–Crippen LogP) is 3.51. The summed E-state index contributed by atoms with van der Waals surface area (Å²) in [4.78, 5) is 12.8. The quantitative estimate of drug-likeness (QED) is 0.702. The molecule has 1 N–H and O–H groups in total. The molecule has 0 spiro atoms. The van der Waals surface area contributed by atoms with Crippen molar-refractivity contribution >= 4 is 26.7 Å². The lowest BCUT2D eigenvalue weighted by Crippen LogP contribution is -2.17. The zero-order valence-electron chi connectivity index (χ0n) is 14.8. The molecule has 1 saturated carbocycles. The van der Waals surface area contributed by atoms with E-state index in [-0.39, 0.29) is 10.7 Å². The molecule has 4 rings (SSSR count). The third kappa shape index (κ3) is 3.61. The zero-order valence-corrected chi connectivity index (χ0v) is 15.6. The van der Waals surface area contributed by atoms with Crippen molar-refractivity contribution in [1.29, 1.82) is 0 Å². The van der Waals surface area contributed by atoms with Gasteiger partial charge < -0.3 is 9.15 Å². The fourth-order valence-corrected chi connectivity index (χ4v) is 4.36. The van der Waals surface area contributed by atoms with Gasteiger partial charge in [0.25, 0.3) is 0 Å². The van der Waals surface area contributed by atoms with Gasteiger partial charge in [-0.05, 0) is 48.2 Å². The number of ether oxygens (including phenoxy) is 1. The van der Waals surface area contributed by atoms with Crippen LogP contribution in [0.1, 0.15) is 18.4 Å². The molecule has 0 bridgehead atoms. The van der Waals surface area contributed by atoms with Gasteiger partial charge >= 0.3 is 0 Å². The topological polar surface area (TPSA) is 85.6 Å². The van der Waals surface area contributed by atoms with E-state index in [0.717, 1.165) is 5.56 Å². The molecule has 0 aliphatic heterocycles. The lowest BCUT2D eigenvalue weighted by molar-refractivity contribution is 0.185. The van der Waals surface area contributed by atoms with Crippen molar-refractivity contribution in [1.82, 2.24) is 0 Å². The van der Waals surface area contributed by atoms with Crippen LogP contribution < -0.4 is 10.2 Å². The number of rotatable bonds is 6. The number of nitrogens with one attached hydrogen (secondary N) is 1. The first kappa shape index (κ1) is 17.8. The van der Waals surface area contributed by atoms with Crippen LogP contribution in [-0.4, -0.2) is 20.8 Å². The van der Waals surface area contributed by atoms with Crippen molar-refractivity contribution in [3.8, 4) is 11.1 Å². The SMILES string of the molecule is COCc1ccc2c(=O)c(-c3ccc(NS(=O)(=O)C4CC4)cc3)coc2c1. The molecule has 1 heterocycles. The van der Waals surface area contributed by atoms with E-state index in [0.29, 0.717) is 47.2 Å². The summed E-state index contributed by atoms with van der Waals surface area (Å²) in [5.41, 5.74) is 2.88. The van der Waals surface area contributed by atoms with E-state index in [1.807, 2.05) is 6.07 Å². The van der Waals surface area contributed by atoms with Gasteiger partial charge in [0.15, 0.2) is 5.43 Å². The standard InChI is InChI=1S/C20H19NO5S/c1-25-11-13-2-9-17-19(10-13)26-12-18(20(17)22)14-3-5-15(6-4-14)21-27(23,24)16-7-8-16/h2-6,9-10,12,16,21H,7-8,11H2,1H3. The third-order valence-corrected chi connectivity index (χ3v) is 6.44. The number of hydrogen-bond acceptors (Lipinski definition) is 5. The van der Waals surface area contributed by atoms with Gasteiger partial charge in [-0.15, -0.1) is 0 Å². The van der Waals surface area contributed by atoms with Crippen LogP contribution in [0, 0.1) is 0 Å². The number of methoxy groups -OCH3 is 1. The Kier molecular flexibility index (Phi) is 4.49. The van der Waals surface area contributed by atoms with Crippen molar-refractivity contribution in [2.45, 2.75) is 24.7 Å². The van der Waals surface area contributed by atoms with E-state index in [4.69, 9.17) is 9.15 Å². The molecule has 0 saturated heterocycles. The van der Waals surface area contributed by atoms with Crippen LogP contribution in [0.25, 0.3) is 22.1 Å². The maximum absolute atomic E-state index is 12.8. The number of sulfonamides is 1. The molecule has 1 aliphatic carbocycles. The smallest absolute Gasteiger partial charge is 0.235 e. The minimum atomic E-state index is -3.30. The number of anilines is 1. The molecule has 0 unspecified atom stereocenters. The monoisotopic (exact) mass is 385 g/mol. The van der Waals surface area contributed by atoms with E-state index in [9.17, 15) is 13.2 Å². The average Bonchev–Trinajstić information content (AvgIpc) is 3.49. The molecule has 27 heavy (non-hydrogen) atoms. The maximum atomic E-state index is 12.8. The fourth-order valence-electron chi connectivity index (χ4n) is 2.97. The second-order valence-corrected chi connectivity index (χ2v) is 8.63. The molecular formula is C20H19NO5S. The highest BCUT2D eigenvalue weighted by molar-refractivity contribution is 7.93. The molecule has 2 aromatic carbocycles. The van der Waals surface area contributed by atoms with E-state index >= 15 is 0 Å². The molecule has 6 nitrogen and oxygen atoms in total. The van der Waals surface area contributed by atoms with Gasteiger partial charge in [0, 0.05) is 12.8 Å². The van der Waals surface area contributed by atoms with Crippen molar-refractivity contribution in [3.05, 3.63) is 64.5 Å². The molecule has 3 aromatic rings. The lowest BCUT2D eigenvalue weighted by atomic mass is 10.0. The highest BCUT2D eigenvalue weighted by atomic mass is 32.2. The Bertz CT molecular complexity index is 1150. The first-order chi connectivity index (χ1) is 13.0. The first-order valence-electron chi connectivity index (χ1n) is 8.63. The number of hydrogen-bond donors (Lipinski definition) is 1. The van der Waals surface area contributed by atoms with Gasteiger partial charge in [-0.2, -0.15) is 0 Å². The molecule has 0 atom stereocenters. The molecule has 1 aliphatic rings. The van der Waals surface area contributed by atoms with Crippen LogP contribution in [0.2, 0.25) is 0 Å². The van der Waals surface area contributed by atoms with E-state index < -0.39 is 10.0 Å². The van der Waals surface area contributed by atoms with Crippen LogP contribution in [0.5, 0.6) is 0 Å². The van der Waals surface area contributed by atoms with Crippen LogP contribution in [0.15, 0.2) is 57.9 Å². The largest absolute Gasteiger partial charge is 0.463 e. The summed E-state index contributed by atoms with van der Waals surface area (Å²) in [5, 5.41) is 0.207. The summed E-state index contributed by atoms with van der Waals surface area (Å²) < 4.78 is 37.3. The van der Waals surface area contributed by atoms with Crippen LogP contribution in [-0.2, 0) is 21.4 Å². The summed E-state index contributed by atoms with van der Waals surface area (Å²) in [7, 11) is -1.69. The second kappa shape index (κ2) is 6.83. The third-order valence-electron chi connectivity index (χ3n) is 4.57. The van der Waals surface area contributed by atoms with Gasteiger partial charge in [-0.25, -0.2) is 8.42 Å². The molecule has 1 aromatic heterocycles. The molecule has 1 fully saturated rings. The van der Waals surface area contributed by atoms with Crippen molar-refractivity contribution < 1.29 is 17.6 Å². The maximum Gasteiger partial charge on any atom is 0.235 e. The first-order valence-corrected chi connectivity index (χ1v) is 10.2. The van der Waals surface area contributed by atoms with E-state index in [1.165, 1.54) is 6.26 Å². The van der Waals surface area contributed by atoms with Gasteiger partial charge in [0.2, 0.25) is 10.0 Å². The minimum absolute atomic E-state index is 0.133. The van der Waals surface area contributed by atoms with Gasteiger partial charge in [0.05, 0.1) is 22.8 Å². The van der Waals surface area contributed by atoms with E-state index in [1.54, 1.807) is 43.5 Å². The highest BCUT2D eigenvalue weighted by Crippen LogP contribution is 2.30. The summed E-state index contributed by atoms with van der Waals surface area (Å²) in [6.07, 6.45) is 2.85. The minimum Gasteiger partial charge on any atom is -0.463 e. The summed E-state index contributed by atoms with van der Waals surface area (Å²) in [6.45, 7) is 0.444. The van der Waals surface area contributed by atoms with Gasteiger partial charge in [0.1, 0.15) is 11.8 Å². The Morgan fingerprint density at radius 3 is 2.56 bits per heavy atom. The van der Waals surface area contributed by atoms with Gasteiger partial charge in [-0.1, -0.05) is 18.2 Å². The summed E-state index contributed by atoms with van der Waals surface area (Å²) >= 11 is 0. The zero-order chi connectivity index (χ0) is 19.0. The summed E-state index contributed by atoms with van der Waals surface area (Å²) in [6, 6.07) is 12.1. The molecule has 0 amide bonds. The Morgan fingerprint density at radius 1 is 1.15 bits per heavy atom. The van der Waals surface area contributed by atoms with Crippen molar-refractivity contribution in [2.75, 3.05) is 11.8 Å². The Labute approximate surface area is 156 Å². The Morgan fingerprint density at radius 2 is 1.89 bits per heavy atom. The van der Waals surface area contributed by atoms with Crippen molar-refractivity contribution in [3.63, 3.8) is 0 Å². The van der Waals surface area contributed by atoms with Crippen molar-refractivity contribution in [2.24, 2.45) is 0 Å². The lowest BCUT2D eigenvalue weighted by Gasteiger charge is -2.08. The molecule has 140 valence electrons. The number of fused-ring (bicyclic) bond motifs is 1. The second-order valence-electron chi connectivity index (χ2n) is 6.67. The average molecular weight is 385 g/mol. The van der Waals surface area contributed by atoms with E-state index in [2.05, 4.69) is 4.72 Å². The molecule has 0 radical (unpaired) electrons. The molecule has 7 heteroatoms. The Balaban J connectivity index is 1.64. The predicted molar refractivity (Wildman–Crippen MR) is 104 cm³/mol. The Hall–Kier alpha value is -2.64. The summed E-state index contributed by atoms with van der Waals surface area (Å²) in [5.74, 6) is 0. The fraction of sp³-hybridized carbons (Fsp3) is 0.250. The van der Waals surface area contributed by atoms with Crippen LogP contribution in [0.4, 0.5) is 5.69 Å². The normalized spacial score (nSPS) is 14.4. The highest BCUT2D eigenvalue weighted by Gasteiger charge is 2.35. The number of benzene rings is 2. The molecular weight excluding hydrogens is 366 g/mol. The van der Waals surface area contributed by atoms with Gasteiger partial charge in [-0.3, -0.25) is 9.52 Å². The van der Waals surface area contributed by atoms with Crippen LogP contribution in [0.3, 0.4) is 0 Å². The van der Waals surface area contributed by atoms with Crippen LogP contribution >= 0.6 is 0 Å².